The lowest BCUT2D eigenvalue weighted by Crippen LogP contribution is -2.74. The van der Waals surface area contributed by atoms with Crippen LogP contribution in [-0.2, 0) is 16.0 Å². The molecule has 3 heterocycles. The number of aliphatic hydroxyl groups is 3. The highest BCUT2D eigenvalue weighted by molar-refractivity contribution is 5.89. The number of aliphatic hydroxyl groups excluding tert-OH is 3. The SMILES string of the molecule is CCNC[C@H]1[C@H]2c3[nH]ccc3[C@H]3CC(=O)C[C@H]4NC5(CCCCC5)[C@H]([C@H]5CC[C@@H]6[C@@H](CC[C@]7(C#C[C@H](C[C@H](O)[C@H](O)C[C@@H](C8=C(CC)CNC(N)=C8)c8ccc9ccccc9c8)c8cc(O)c(OC)cc8CCC7=O)[C@@H]6O)[C@@H]15)[C@@H]2[C@@H]34. The number of fused-ring (bicyclic) bond motifs is 10. The minimum absolute atomic E-state index is 0.0218. The fourth-order valence-electron chi connectivity index (χ4n) is 19.4. The third kappa shape index (κ3) is 8.89. The van der Waals surface area contributed by atoms with Gasteiger partial charge in [0.25, 0.3) is 0 Å². The van der Waals surface area contributed by atoms with Crippen LogP contribution in [0.5, 0.6) is 11.5 Å². The molecule has 4 aromatic rings. The minimum Gasteiger partial charge on any atom is -0.504 e. The molecule has 5 saturated carbocycles. The number of Topliss-reactive ketones (excluding diaryl/α,β-unsaturated/α-hetero) is 2. The maximum Gasteiger partial charge on any atom is 0.160 e. The van der Waals surface area contributed by atoms with Crippen molar-refractivity contribution in [3.05, 3.63) is 118 Å². The number of benzene rings is 3. The van der Waals surface area contributed by atoms with E-state index in [2.05, 4.69) is 89.2 Å². The Labute approximate surface area is 472 Å². The fraction of sp³-hybridized carbons (Fsp3) is 0.588. The molecule has 2 spiro atoms. The maximum absolute atomic E-state index is 15.4. The van der Waals surface area contributed by atoms with Gasteiger partial charge in [0.15, 0.2) is 17.3 Å². The first-order chi connectivity index (χ1) is 38.8. The lowest BCUT2D eigenvalue weighted by Gasteiger charge is -2.71. The number of aromatic nitrogens is 1. The lowest BCUT2D eigenvalue weighted by atomic mass is 9.37. The van der Waals surface area contributed by atoms with E-state index < -0.39 is 29.6 Å². The molecular weight excluding hydrogens is 999 g/mol. The van der Waals surface area contributed by atoms with E-state index in [4.69, 9.17) is 10.5 Å². The predicted molar refractivity (Wildman–Crippen MR) is 311 cm³/mol. The second kappa shape index (κ2) is 21.4. The number of carbonyl (C=O) groups is 2. The highest BCUT2D eigenvalue weighted by Gasteiger charge is 2.69. The summed E-state index contributed by atoms with van der Waals surface area (Å²) in [5.74, 6) is 10.3. The van der Waals surface area contributed by atoms with Gasteiger partial charge in [-0.1, -0.05) is 87.4 Å². The van der Waals surface area contributed by atoms with Crippen molar-refractivity contribution < 1.29 is 34.8 Å². The van der Waals surface area contributed by atoms with Crippen LogP contribution < -0.4 is 26.4 Å². The Balaban J connectivity index is 0.847. The second-order valence-corrected chi connectivity index (χ2v) is 26.2. The number of aryl methyl sites for hydroxylation is 1. The highest BCUT2D eigenvalue weighted by atomic mass is 16.5. The van der Waals surface area contributed by atoms with Crippen molar-refractivity contribution in [3.8, 4) is 23.3 Å². The summed E-state index contributed by atoms with van der Waals surface area (Å²) in [7, 11) is 1.51. The molecule has 12 heteroatoms. The van der Waals surface area contributed by atoms with Gasteiger partial charge in [0.05, 0.1) is 31.2 Å². The number of carbonyl (C=O) groups excluding carboxylic acids is 2. The average molecular weight is 1080 g/mol. The summed E-state index contributed by atoms with van der Waals surface area (Å²) >= 11 is 0. The lowest BCUT2D eigenvalue weighted by molar-refractivity contribution is -0.186. The number of aromatic hydroxyl groups is 1. The molecule has 0 radical (unpaired) electrons. The van der Waals surface area contributed by atoms with Crippen LogP contribution in [0, 0.1) is 64.6 Å². The van der Waals surface area contributed by atoms with Gasteiger partial charge in [0.2, 0.25) is 0 Å². The summed E-state index contributed by atoms with van der Waals surface area (Å²) in [5, 5.41) is 63.4. The van der Waals surface area contributed by atoms with Gasteiger partial charge in [0, 0.05) is 67.0 Å². The highest BCUT2D eigenvalue weighted by Crippen LogP contribution is 2.71. The summed E-state index contributed by atoms with van der Waals surface area (Å²) in [6, 6.07) is 20.6. The first-order valence-electron chi connectivity index (χ1n) is 30.9. The van der Waals surface area contributed by atoms with Crippen molar-refractivity contribution in [1.82, 2.24) is 20.9 Å². The van der Waals surface area contributed by atoms with E-state index in [1.165, 1.54) is 43.2 Å². The Kier molecular flexibility index (Phi) is 14.4. The molecule has 10 N–H and O–H groups in total. The van der Waals surface area contributed by atoms with Gasteiger partial charge in [-0.3, -0.25) is 9.59 Å². The van der Waals surface area contributed by atoms with Crippen molar-refractivity contribution in [3.63, 3.8) is 0 Å². The van der Waals surface area contributed by atoms with Gasteiger partial charge in [-0.25, -0.2) is 0 Å². The molecule has 1 saturated heterocycles. The molecule has 0 unspecified atom stereocenters. The van der Waals surface area contributed by atoms with Crippen molar-refractivity contribution in [1.29, 1.82) is 0 Å². The number of nitrogens with two attached hydrogens (primary N) is 1. The molecule has 3 aromatic carbocycles. The smallest absolute Gasteiger partial charge is 0.160 e. The fourth-order valence-corrected chi connectivity index (χ4v) is 19.4. The normalized spacial score (nSPS) is 35.1. The Bertz CT molecular complexity index is 3160. The number of dihydropyridines is 1. The molecule has 424 valence electrons. The average Bonchev–Trinajstić information content (AvgIpc) is 4.14. The molecule has 12 nitrogen and oxygen atoms in total. The first-order valence-corrected chi connectivity index (χ1v) is 30.9. The van der Waals surface area contributed by atoms with E-state index in [1.807, 2.05) is 18.2 Å². The van der Waals surface area contributed by atoms with E-state index in [1.54, 1.807) is 12.1 Å². The number of hydrogen-bond donors (Lipinski definition) is 9. The summed E-state index contributed by atoms with van der Waals surface area (Å²) in [4.78, 5) is 32.9. The molecule has 13 rings (SSSR count). The molecular formula is C68H85N5O7. The van der Waals surface area contributed by atoms with Gasteiger partial charge in [-0.2, -0.15) is 0 Å². The van der Waals surface area contributed by atoms with Gasteiger partial charge in [-0.15, -0.1) is 0 Å². The Morgan fingerprint density at radius 3 is 2.49 bits per heavy atom. The van der Waals surface area contributed by atoms with Crippen LogP contribution in [0.2, 0.25) is 0 Å². The predicted octanol–water partition coefficient (Wildman–Crippen LogP) is 9.29. The number of piperidine rings is 1. The zero-order valence-corrected chi connectivity index (χ0v) is 47.2. The number of H-pyrrole nitrogens is 1. The minimum atomic E-state index is -1.33. The summed E-state index contributed by atoms with van der Waals surface area (Å²) in [6.45, 7) is 6.70. The number of ketones is 2. The molecule has 1 aromatic heterocycles. The quantitative estimate of drug-likeness (QED) is 0.0613. The van der Waals surface area contributed by atoms with Crippen LogP contribution in [0.1, 0.15) is 162 Å². The molecule has 7 aliphatic carbocycles. The van der Waals surface area contributed by atoms with Gasteiger partial charge in [-0.05, 0) is 199 Å². The number of aromatic amines is 1. The van der Waals surface area contributed by atoms with Gasteiger partial charge in [0.1, 0.15) is 11.2 Å². The zero-order valence-electron chi connectivity index (χ0n) is 47.2. The molecule has 0 amide bonds. The number of phenols is 1. The van der Waals surface area contributed by atoms with Crippen molar-refractivity contribution in [2.45, 2.75) is 170 Å². The largest absolute Gasteiger partial charge is 0.504 e. The van der Waals surface area contributed by atoms with Crippen LogP contribution in [0.25, 0.3) is 10.8 Å². The van der Waals surface area contributed by atoms with E-state index >= 15 is 4.79 Å². The van der Waals surface area contributed by atoms with Gasteiger partial charge < -0.3 is 51.8 Å². The second-order valence-electron chi connectivity index (χ2n) is 26.2. The molecule has 6 fully saturated rings. The molecule has 0 bridgehead atoms. The zero-order chi connectivity index (χ0) is 55.2. The van der Waals surface area contributed by atoms with Crippen molar-refractivity contribution in [2.24, 2.45) is 58.5 Å². The van der Waals surface area contributed by atoms with Gasteiger partial charge >= 0.3 is 0 Å². The van der Waals surface area contributed by atoms with E-state index in [-0.39, 0.29) is 66.0 Å². The number of ether oxygens (including phenoxy) is 1. The maximum atomic E-state index is 15.4. The van der Waals surface area contributed by atoms with E-state index in [0.717, 1.165) is 79.1 Å². The summed E-state index contributed by atoms with van der Waals surface area (Å²) in [6.07, 6.45) is 12.5. The number of nitrogens with one attached hydrogen (secondary N) is 4. The third-order valence-electron chi connectivity index (χ3n) is 22.7. The van der Waals surface area contributed by atoms with Crippen molar-refractivity contribution >= 4 is 22.3 Å². The number of methoxy groups -OCH3 is 1. The monoisotopic (exact) mass is 1080 g/mol. The Hall–Kier alpha value is -5.42. The Morgan fingerprint density at radius 2 is 1.69 bits per heavy atom. The van der Waals surface area contributed by atoms with Crippen LogP contribution in [0.3, 0.4) is 0 Å². The van der Waals surface area contributed by atoms with E-state index in [9.17, 15) is 25.2 Å². The molecule has 9 aliphatic rings. The summed E-state index contributed by atoms with van der Waals surface area (Å²) < 4.78 is 5.64. The Morgan fingerprint density at radius 1 is 0.875 bits per heavy atom. The third-order valence-corrected chi connectivity index (χ3v) is 22.7. The summed E-state index contributed by atoms with van der Waals surface area (Å²) in [5.41, 5.74) is 12.5. The van der Waals surface area contributed by atoms with Crippen LogP contribution in [-0.4, -0.2) is 93.6 Å². The van der Waals surface area contributed by atoms with Crippen LogP contribution in [0.4, 0.5) is 0 Å². The first kappa shape index (κ1) is 53.9. The van der Waals surface area contributed by atoms with Crippen LogP contribution >= 0.6 is 0 Å². The van der Waals surface area contributed by atoms with Crippen LogP contribution in [0.15, 0.2) is 89.9 Å². The molecule has 17 atom stereocenters. The number of allylic oxidation sites excluding steroid dienone is 2. The molecule has 2 aliphatic heterocycles. The van der Waals surface area contributed by atoms with Crippen molar-refractivity contribution in [2.75, 3.05) is 26.7 Å². The van der Waals surface area contributed by atoms with E-state index in [0.29, 0.717) is 96.6 Å². The topological polar surface area (TPSA) is 202 Å². The standard InChI is InChI=1S/C68H85N5O7/c1-4-37-35-72-59(69)34-50(37)49(40-14-13-38-11-7-8-12-39(38)27-40)33-55(76)54(75)28-42-19-24-67(58(78)18-15-41-29-57(80-3)56(77)32-48(41)42)25-20-44-46(66(67)79)16-17-47-60(44)52(36-70-5-2)62-63-61-51(45-21-26-71-65(45)62)30-43(74)31-53(61)73-68(64(47)63)22-9-6-10-23-68/h7-8,11-14,21,26-27,29,32,34,42,44,46-47,49,51-55,60-64,66,70-73,75-77,79H,4-6,9-10,15-18,20,22-23,25,28,30-31,33,35-36,69H2,1-3H3/t42-,44-,46-,47+,49-,51-,52-,53-,54+,55-,60-,61+,62-,63-,64-,66-,67+/m1/s1. The molecule has 80 heavy (non-hydrogen) atoms. The number of rotatable bonds is 12. The number of hydrogen-bond acceptors (Lipinski definition) is 11. The number of phenolic OH excluding ortho intramolecular Hbond substituents is 1.